The molecule has 7 heteroatoms. The lowest BCUT2D eigenvalue weighted by Crippen LogP contribution is -2.27. The van der Waals surface area contributed by atoms with Crippen LogP contribution in [0.5, 0.6) is 0 Å². The van der Waals surface area contributed by atoms with Gasteiger partial charge in [0.15, 0.2) is 0 Å². The van der Waals surface area contributed by atoms with E-state index in [-0.39, 0.29) is 0 Å². The molecule has 0 unspecified atom stereocenters. The van der Waals surface area contributed by atoms with Crippen molar-refractivity contribution in [3.8, 4) is 0 Å². The molecule has 3 aromatic carbocycles. The summed E-state index contributed by atoms with van der Waals surface area (Å²) in [5.74, 6) is 0. The topological polar surface area (TPSA) is 65.7 Å². The van der Waals surface area contributed by atoms with Crippen molar-refractivity contribution in [2.75, 3.05) is 20.6 Å². The molecule has 7 nitrogen and oxygen atoms in total. The summed E-state index contributed by atoms with van der Waals surface area (Å²) >= 11 is 0. The summed E-state index contributed by atoms with van der Waals surface area (Å²) in [5.41, 5.74) is 3.54. The number of ether oxygens (including phenoxy) is 2. The quantitative estimate of drug-likeness (QED) is 0.210. The van der Waals surface area contributed by atoms with Crippen LogP contribution in [0.2, 0.25) is 0 Å². The Balaban J connectivity index is 1.97. The number of carbonyl (C=O) groups excluding carboxylic acids is 2. The van der Waals surface area contributed by atoms with Gasteiger partial charge in [-0.1, -0.05) is 48.6 Å². The Morgan fingerprint density at radius 3 is 1.83 bits per heavy atom. The molecule has 0 aliphatic heterocycles. The summed E-state index contributed by atoms with van der Waals surface area (Å²) in [6.07, 6.45) is -0.386. The Morgan fingerprint density at radius 1 is 0.756 bits per heavy atom. The second kappa shape index (κ2) is 10.1. The number of likely N-dealkylation sites (N-methyl/N-ethyl adjacent to an activating group) is 1. The van der Waals surface area contributed by atoms with Gasteiger partial charge in [0.05, 0.1) is 22.1 Å². The lowest BCUT2D eigenvalue weighted by atomic mass is 9.96. The first-order valence-corrected chi connectivity index (χ1v) is 13.9. The first-order valence-electron chi connectivity index (χ1n) is 13.9. The highest BCUT2D eigenvalue weighted by Gasteiger charge is 2.29. The molecule has 0 aliphatic rings. The summed E-state index contributed by atoms with van der Waals surface area (Å²) in [6, 6.07) is 17.7. The zero-order chi connectivity index (χ0) is 29.9. The van der Waals surface area contributed by atoms with Gasteiger partial charge in [0.25, 0.3) is 0 Å². The van der Waals surface area contributed by atoms with Crippen molar-refractivity contribution in [1.82, 2.24) is 14.0 Å². The summed E-state index contributed by atoms with van der Waals surface area (Å²) < 4.78 is 15.2. The molecule has 2 aromatic heterocycles. The number of rotatable bonds is 4. The van der Waals surface area contributed by atoms with Crippen molar-refractivity contribution < 1.29 is 19.1 Å². The smallest absolute Gasteiger partial charge is 0.419 e. The van der Waals surface area contributed by atoms with Gasteiger partial charge in [-0.05, 0) is 85.8 Å². The molecule has 0 saturated carbocycles. The summed E-state index contributed by atoms with van der Waals surface area (Å²) in [7, 11) is 4.01. The number of carbonyl (C=O) groups is 2. The van der Waals surface area contributed by atoms with Crippen molar-refractivity contribution in [3.05, 3.63) is 72.3 Å². The standard InChI is InChI=1S/C34H39N3O4/c1-21(20-35(8)9)18-25-29-23-15-11-13-17-27(23)36(31(38)40-33(2,3)4)28(29)19-24-22-14-10-12-16-26(22)37(30(24)25)32(39)41-34(5,6)7/h10-17,19H,1,18,20H2,2-9H3. The Hall–Kier alpha value is -4.10. The van der Waals surface area contributed by atoms with E-state index in [0.717, 1.165) is 54.7 Å². The average molecular weight is 554 g/mol. The van der Waals surface area contributed by atoms with Crippen molar-refractivity contribution in [2.45, 2.75) is 59.2 Å². The number of nitrogens with zero attached hydrogens (tertiary/aromatic N) is 3. The lowest BCUT2D eigenvalue weighted by Gasteiger charge is -2.21. The highest BCUT2D eigenvalue weighted by Crippen LogP contribution is 2.41. The van der Waals surface area contributed by atoms with Crippen LogP contribution in [-0.4, -0.2) is 58.1 Å². The number of hydrogen-bond acceptors (Lipinski definition) is 5. The lowest BCUT2D eigenvalue weighted by molar-refractivity contribution is 0.0539. The van der Waals surface area contributed by atoms with Gasteiger partial charge in [-0.25, -0.2) is 18.7 Å². The van der Waals surface area contributed by atoms with Gasteiger partial charge in [0, 0.05) is 28.1 Å². The highest BCUT2D eigenvalue weighted by atomic mass is 16.6. The Kier molecular flexibility index (Phi) is 6.98. The minimum absolute atomic E-state index is 0.446. The monoisotopic (exact) mass is 553 g/mol. The molecule has 0 atom stereocenters. The molecule has 0 spiro atoms. The number of fused-ring (bicyclic) bond motifs is 6. The predicted molar refractivity (Wildman–Crippen MR) is 167 cm³/mol. The third kappa shape index (κ3) is 5.34. The van der Waals surface area contributed by atoms with E-state index >= 15 is 0 Å². The van der Waals surface area contributed by atoms with Crippen LogP contribution in [0.1, 0.15) is 47.1 Å². The van der Waals surface area contributed by atoms with E-state index in [1.807, 2.05) is 110 Å². The zero-order valence-corrected chi connectivity index (χ0v) is 25.3. The fraction of sp³-hybridized carbons (Fsp3) is 0.353. The van der Waals surface area contributed by atoms with Gasteiger partial charge < -0.3 is 14.4 Å². The molecule has 0 radical (unpaired) electrons. The molecule has 0 N–H and O–H groups in total. The summed E-state index contributed by atoms with van der Waals surface area (Å²) in [5, 5.41) is 3.56. The minimum Gasteiger partial charge on any atom is -0.443 e. The van der Waals surface area contributed by atoms with Crippen LogP contribution in [-0.2, 0) is 15.9 Å². The van der Waals surface area contributed by atoms with Crippen LogP contribution >= 0.6 is 0 Å². The van der Waals surface area contributed by atoms with Crippen molar-refractivity contribution in [2.24, 2.45) is 0 Å². The van der Waals surface area contributed by atoms with E-state index in [4.69, 9.17) is 9.47 Å². The van der Waals surface area contributed by atoms with E-state index in [0.29, 0.717) is 13.0 Å². The van der Waals surface area contributed by atoms with Gasteiger partial charge in [-0.2, -0.15) is 0 Å². The number of benzene rings is 3. The summed E-state index contributed by atoms with van der Waals surface area (Å²) in [4.78, 5) is 29.7. The zero-order valence-electron chi connectivity index (χ0n) is 25.3. The third-order valence-corrected chi connectivity index (χ3v) is 6.81. The number of para-hydroxylation sites is 2. The van der Waals surface area contributed by atoms with Crippen LogP contribution in [0.15, 0.2) is 66.7 Å². The molecule has 214 valence electrons. The van der Waals surface area contributed by atoms with Crippen LogP contribution in [0.3, 0.4) is 0 Å². The van der Waals surface area contributed by atoms with E-state index < -0.39 is 23.4 Å². The first-order chi connectivity index (χ1) is 19.2. The molecule has 0 fully saturated rings. The Labute approximate surface area is 240 Å². The van der Waals surface area contributed by atoms with Gasteiger partial charge in [-0.3, -0.25) is 0 Å². The largest absolute Gasteiger partial charge is 0.443 e. The van der Waals surface area contributed by atoms with Crippen molar-refractivity contribution in [3.63, 3.8) is 0 Å². The molecule has 0 aliphatic carbocycles. The molecular formula is C34H39N3O4. The second-order valence-electron chi connectivity index (χ2n) is 13.0. The SMILES string of the molecule is C=C(Cc1c2c3ccccc3n(C(=O)OC(C)(C)C)c2cc2c3ccccc3n(C(=O)OC(C)(C)C)c12)CN(C)C. The number of aromatic nitrogens is 2. The highest BCUT2D eigenvalue weighted by molar-refractivity contribution is 6.23. The van der Waals surface area contributed by atoms with Gasteiger partial charge >= 0.3 is 12.2 Å². The number of hydrogen-bond donors (Lipinski definition) is 0. The fourth-order valence-corrected chi connectivity index (χ4v) is 5.60. The Morgan fingerprint density at radius 2 is 1.27 bits per heavy atom. The fourth-order valence-electron chi connectivity index (χ4n) is 5.60. The van der Waals surface area contributed by atoms with Gasteiger partial charge in [0.2, 0.25) is 0 Å². The second-order valence-corrected chi connectivity index (χ2v) is 13.0. The molecular weight excluding hydrogens is 514 g/mol. The van der Waals surface area contributed by atoms with Crippen molar-refractivity contribution >= 4 is 55.8 Å². The maximum absolute atomic E-state index is 13.9. The third-order valence-electron chi connectivity index (χ3n) is 6.81. The van der Waals surface area contributed by atoms with Crippen LogP contribution in [0.25, 0.3) is 43.6 Å². The normalized spacial score (nSPS) is 12.6. The molecule has 41 heavy (non-hydrogen) atoms. The molecule has 0 bridgehead atoms. The minimum atomic E-state index is -0.680. The van der Waals surface area contributed by atoms with E-state index in [2.05, 4.69) is 11.5 Å². The Bertz CT molecular complexity index is 1840. The molecule has 5 rings (SSSR count). The first kappa shape index (κ1) is 28.4. The maximum atomic E-state index is 13.9. The van der Waals surface area contributed by atoms with E-state index in [1.54, 1.807) is 9.13 Å². The molecule has 0 saturated heterocycles. The van der Waals surface area contributed by atoms with Crippen LogP contribution < -0.4 is 0 Å². The van der Waals surface area contributed by atoms with Crippen molar-refractivity contribution in [1.29, 1.82) is 0 Å². The van der Waals surface area contributed by atoms with Crippen LogP contribution in [0, 0.1) is 0 Å². The molecule has 2 heterocycles. The molecule has 5 aromatic rings. The van der Waals surface area contributed by atoms with Gasteiger partial charge in [0.1, 0.15) is 11.2 Å². The van der Waals surface area contributed by atoms with E-state index in [9.17, 15) is 9.59 Å². The summed E-state index contributed by atoms with van der Waals surface area (Å²) in [6.45, 7) is 16.3. The average Bonchev–Trinajstić information content (AvgIpc) is 3.34. The van der Waals surface area contributed by atoms with Crippen LogP contribution in [0.4, 0.5) is 9.59 Å². The van der Waals surface area contributed by atoms with E-state index in [1.165, 1.54) is 0 Å². The van der Waals surface area contributed by atoms with Gasteiger partial charge in [-0.15, -0.1) is 0 Å². The predicted octanol–water partition coefficient (Wildman–Crippen LogP) is 8.13. The molecule has 0 amide bonds. The maximum Gasteiger partial charge on any atom is 0.419 e.